The molecule has 0 saturated carbocycles. The van der Waals surface area contributed by atoms with E-state index in [9.17, 15) is 19.5 Å². The van der Waals surface area contributed by atoms with E-state index < -0.39 is 12.0 Å². The van der Waals surface area contributed by atoms with Gasteiger partial charge in [-0.2, -0.15) is 0 Å². The molecule has 37 heavy (non-hydrogen) atoms. The molecule has 2 amide bonds. The third-order valence-corrected chi connectivity index (χ3v) is 8.36. The number of hydrogen-bond donors (Lipinski definition) is 2. The summed E-state index contributed by atoms with van der Waals surface area (Å²) in [5.74, 6) is -1.11. The Morgan fingerprint density at radius 3 is 2.65 bits per heavy atom. The average molecular weight is 561 g/mol. The van der Waals surface area contributed by atoms with Crippen LogP contribution in [-0.4, -0.2) is 48.0 Å². The third-order valence-electron chi connectivity index (χ3n) is 6.42. The minimum absolute atomic E-state index is 0.0419. The Bertz CT molecular complexity index is 1350. The minimum atomic E-state index is -0.633. The van der Waals surface area contributed by atoms with Gasteiger partial charge in [-0.3, -0.25) is 14.4 Å². The Balaban J connectivity index is 1.36. The summed E-state index contributed by atoms with van der Waals surface area (Å²) in [5.41, 5.74) is 1.28. The van der Waals surface area contributed by atoms with E-state index in [0.717, 1.165) is 10.1 Å². The zero-order valence-electron chi connectivity index (χ0n) is 20.1. The van der Waals surface area contributed by atoms with Gasteiger partial charge in [-0.1, -0.05) is 35.3 Å². The number of rotatable bonds is 7. The number of phenols is 1. The summed E-state index contributed by atoms with van der Waals surface area (Å²) in [4.78, 5) is 39.4. The van der Waals surface area contributed by atoms with Crippen molar-refractivity contribution < 1.29 is 24.2 Å². The third kappa shape index (κ3) is 6.44. The van der Waals surface area contributed by atoms with Gasteiger partial charge in [-0.15, -0.1) is 11.3 Å². The van der Waals surface area contributed by atoms with Crippen LogP contribution in [0.3, 0.4) is 0 Å². The molecule has 2 aromatic carbocycles. The molecule has 7 nitrogen and oxygen atoms in total. The normalized spacial score (nSPS) is 15.2. The molecule has 0 aliphatic carbocycles. The SMILES string of the molecule is COC(=O)CC(NC(=O)C1CCN(C(=O)/C=C/c2cc3ccsc3c(Cl)c2Cl)CC1)c1cccc(O)c1. The van der Waals surface area contributed by atoms with Gasteiger partial charge in [0, 0.05) is 25.1 Å². The van der Waals surface area contributed by atoms with Crippen LogP contribution >= 0.6 is 34.5 Å². The zero-order chi connectivity index (χ0) is 26.5. The van der Waals surface area contributed by atoms with E-state index in [4.69, 9.17) is 27.9 Å². The van der Waals surface area contributed by atoms with Crippen molar-refractivity contribution in [1.29, 1.82) is 0 Å². The molecule has 1 aliphatic heterocycles. The predicted octanol–water partition coefficient (Wildman–Crippen LogP) is 5.59. The number of methoxy groups -OCH3 is 1. The van der Waals surface area contributed by atoms with Crippen LogP contribution in [0, 0.1) is 5.92 Å². The first-order valence-electron chi connectivity index (χ1n) is 11.7. The molecule has 10 heteroatoms. The van der Waals surface area contributed by atoms with Crippen molar-refractivity contribution in [3.63, 3.8) is 0 Å². The summed E-state index contributed by atoms with van der Waals surface area (Å²) in [5, 5.41) is 16.5. The fourth-order valence-corrected chi connectivity index (χ4v) is 5.79. The number of thiophene rings is 1. The van der Waals surface area contributed by atoms with E-state index in [-0.39, 0.29) is 29.9 Å². The number of nitrogens with zero attached hydrogens (tertiary/aromatic N) is 1. The Kier molecular flexibility index (Phi) is 8.74. The molecular formula is C27H26Cl2N2O5S. The van der Waals surface area contributed by atoms with Gasteiger partial charge < -0.3 is 20.1 Å². The average Bonchev–Trinajstić information content (AvgIpc) is 3.38. The Morgan fingerprint density at radius 2 is 1.95 bits per heavy atom. The van der Waals surface area contributed by atoms with Crippen LogP contribution < -0.4 is 5.32 Å². The number of ether oxygens (including phenoxy) is 1. The van der Waals surface area contributed by atoms with Crippen LogP contribution in [0.1, 0.15) is 36.4 Å². The zero-order valence-corrected chi connectivity index (χ0v) is 22.4. The number of aromatic hydroxyl groups is 1. The Hall–Kier alpha value is -3.07. The van der Waals surface area contributed by atoms with E-state index in [2.05, 4.69) is 5.32 Å². The predicted molar refractivity (Wildman–Crippen MR) is 146 cm³/mol. The lowest BCUT2D eigenvalue weighted by molar-refractivity contribution is -0.141. The molecule has 4 rings (SSSR count). The monoisotopic (exact) mass is 560 g/mol. The molecule has 194 valence electrons. The molecule has 0 radical (unpaired) electrons. The molecule has 1 aromatic heterocycles. The first-order valence-corrected chi connectivity index (χ1v) is 13.4. The van der Waals surface area contributed by atoms with E-state index in [1.54, 1.807) is 23.1 Å². The summed E-state index contributed by atoms with van der Waals surface area (Å²) >= 11 is 14.3. The molecule has 2 heterocycles. The summed E-state index contributed by atoms with van der Waals surface area (Å²) < 4.78 is 5.68. The summed E-state index contributed by atoms with van der Waals surface area (Å²) in [6.45, 7) is 0.847. The van der Waals surface area contributed by atoms with Crippen molar-refractivity contribution in [2.45, 2.75) is 25.3 Å². The van der Waals surface area contributed by atoms with Gasteiger partial charge in [0.25, 0.3) is 0 Å². The highest BCUT2D eigenvalue weighted by Crippen LogP contribution is 2.37. The molecule has 1 saturated heterocycles. The summed E-state index contributed by atoms with van der Waals surface area (Å²) in [6, 6.07) is 9.63. The number of piperidine rings is 1. The van der Waals surface area contributed by atoms with Crippen molar-refractivity contribution in [3.8, 4) is 5.75 Å². The molecule has 1 fully saturated rings. The van der Waals surface area contributed by atoms with E-state index >= 15 is 0 Å². The Morgan fingerprint density at radius 1 is 1.19 bits per heavy atom. The van der Waals surface area contributed by atoms with Crippen LogP contribution in [-0.2, 0) is 19.1 Å². The van der Waals surface area contributed by atoms with Gasteiger partial charge >= 0.3 is 5.97 Å². The quantitative estimate of drug-likeness (QED) is 0.290. The second-order valence-electron chi connectivity index (χ2n) is 8.80. The van der Waals surface area contributed by atoms with Gasteiger partial charge in [0.05, 0.1) is 34.3 Å². The van der Waals surface area contributed by atoms with Gasteiger partial charge in [-0.25, -0.2) is 0 Å². The molecule has 2 N–H and O–H groups in total. The number of hydrogen-bond acceptors (Lipinski definition) is 6. The number of esters is 1. The number of likely N-dealkylation sites (tertiary alicyclic amines) is 1. The minimum Gasteiger partial charge on any atom is -0.508 e. The van der Waals surface area contributed by atoms with Gasteiger partial charge in [0.2, 0.25) is 11.8 Å². The number of benzene rings is 2. The maximum atomic E-state index is 13.0. The lowest BCUT2D eigenvalue weighted by atomic mass is 9.94. The Labute approximate surface area is 228 Å². The maximum Gasteiger partial charge on any atom is 0.307 e. The van der Waals surface area contributed by atoms with Gasteiger partial charge in [-0.05, 0) is 65.1 Å². The first kappa shape index (κ1) is 27.0. The van der Waals surface area contributed by atoms with E-state index in [0.29, 0.717) is 47.1 Å². The molecule has 0 bridgehead atoms. The number of carbonyl (C=O) groups excluding carboxylic acids is 3. The van der Waals surface area contributed by atoms with Gasteiger partial charge in [0.1, 0.15) is 5.75 Å². The number of nitrogens with one attached hydrogen (secondary N) is 1. The second kappa shape index (κ2) is 12.0. The molecular weight excluding hydrogens is 535 g/mol. The highest BCUT2D eigenvalue weighted by Gasteiger charge is 2.29. The van der Waals surface area contributed by atoms with Crippen LogP contribution in [0.15, 0.2) is 47.9 Å². The number of amides is 2. The topological polar surface area (TPSA) is 95.9 Å². The highest BCUT2D eigenvalue weighted by molar-refractivity contribution is 7.18. The van der Waals surface area contributed by atoms with Crippen LogP contribution in [0.25, 0.3) is 16.2 Å². The van der Waals surface area contributed by atoms with Crippen molar-refractivity contribution >= 4 is 68.5 Å². The highest BCUT2D eigenvalue weighted by atomic mass is 35.5. The molecule has 3 aromatic rings. The van der Waals surface area contributed by atoms with Crippen LogP contribution in [0.5, 0.6) is 5.75 Å². The largest absolute Gasteiger partial charge is 0.508 e. The molecule has 0 spiro atoms. The van der Waals surface area contributed by atoms with Crippen LogP contribution in [0.4, 0.5) is 0 Å². The number of carbonyl (C=O) groups is 3. The van der Waals surface area contributed by atoms with Crippen LogP contribution in [0.2, 0.25) is 10.0 Å². The smallest absolute Gasteiger partial charge is 0.307 e. The number of phenolic OH excluding ortho intramolecular Hbond substituents is 1. The summed E-state index contributed by atoms with van der Waals surface area (Å²) in [6.07, 6.45) is 4.06. The fraction of sp³-hybridized carbons (Fsp3) is 0.296. The van der Waals surface area contributed by atoms with Crippen molar-refractivity contribution in [3.05, 3.63) is 69.0 Å². The van der Waals surface area contributed by atoms with Crippen molar-refractivity contribution in [1.82, 2.24) is 10.2 Å². The second-order valence-corrected chi connectivity index (χ2v) is 10.5. The lowest BCUT2D eigenvalue weighted by Gasteiger charge is -2.31. The lowest BCUT2D eigenvalue weighted by Crippen LogP contribution is -2.43. The maximum absolute atomic E-state index is 13.0. The number of fused-ring (bicyclic) bond motifs is 1. The standard InChI is InChI=1S/C27H26Cl2N2O5S/c1-36-23(34)15-21(17-3-2-4-20(32)14-17)30-27(35)16-7-10-31(11-8-16)22(33)6-5-18-13-19-9-12-37-26(19)25(29)24(18)28/h2-6,9,12-14,16,21,32H,7-8,10-11,15H2,1H3,(H,30,35)/b6-5+. The van der Waals surface area contributed by atoms with Crippen molar-refractivity contribution in [2.75, 3.05) is 20.2 Å². The first-order chi connectivity index (χ1) is 17.8. The van der Waals surface area contributed by atoms with Gasteiger partial charge in [0.15, 0.2) is 0 Å². The van der Waals surface area contributed by atoms with Crippen molar-refractivity contribution in [2.24, 2.45) is 5.92 Å². The van der Waals surface area contributed by atoms with E-state index in [1.807, 2.05) is 17.5 Å². The molecule has 1 aliphatic rings. The molecule has 1 unspecified atom stereocenters. The molecule has 1 atom stereocenters. The fourth-order valence-electron chi connectivity index (χ4n) is 4.35. The number of halogens is 2. The summed E-state index contributed by atoms with van der Waals surface area (Å²) in [7, 11) is 1.29. The van der Waals surface area contributed by atoms with E-state index in [1.165, 1.54) is 36.7 Å².